The van der Waals surface area contributed by atoms with E-state index < -0.39 is 0 Å². The quantitative estimate of drug-likeness (QED) is 0.699. The van der Waals surface area contributed by atoms with Crippen LogP contribution in [0.5, 0.6) is 0 Å². The van der Waals surface area contributed by atoms with Crippen molar-refractivity contribution >= 4 is 0 Å². The summed E-state index contributed by atoms with van der Waals surface area (Å²) in [4.78, 5) is 6.51. The van der Waals surface area contributed by atoms with Gasteiger partial charge >= 0.3 is 0 Å². The van der Waals surface area contributed by atoms with E-state index in [2.05, 4.69) is 28.4 Å². The summed E-state index contributed by atoms with van der Waals surface area (Å²) in [7, 11) is 6.06. The highest BCUT2D eigenvalue weighted by Gasteiger charge is 2.01. The molecule has 0 bridgehead atoms. The first-order valence-electron chi connectivity index (χ1n) is 4.52. The highest BCUT2D eigenvalue weighted by atomic mass is 15.1. The molecule has 0 aromatic carbocycles. The van der Waals surface area contributed by atoms with Crippen LogP contribution in [0.25, 0.3) is 0 Å². The van der Waals surface area contributed by atoms with Gasteiger partial charge in [0.1, 0.15) is 0 Å². The molecule has 74 valence electrons. The summed E-state index contributed by atoms with van der Waals surface area (Å²) in [5, 5.41) is 3.12. The maximum Gasteiger partial charge on any atom is 0.0947 e. The Morgan fingerprint density at radius 3 is 2.92 bits per heavy atom. The molecule has 0 saturated heterocycles. The summed E-state index contributed by atoms with van der Waals surface area (Å²) < 4.78 is 1.97. The Morgan fingerprint density at radius 1 is 1.62 bits per heavy atom. The third kappa shape index (κ3) is 3.57. The molecule has 1 aromatic heterocycles. The molecular weight excluding hydrogens is 164 g/mol. The number of nitrogens with one attached hydrogen (secondary N) is 1. The second-order valence-corrected chi connectivity index (χ2v) is 3.37. The number of hydrogen-bond acceptors (Lipinski definition) is 3. The summed E-state index contributed by atoms with van der Waals surface area (Å²) in [5.41, 5.74) is 1.13. The number of aromatic nitrogens is 2. The average Bonchev–Trinajstić information content (AvgIpc) is 2.48. The van der Waals surface area contributed by atoms with E-state index in [0.29, 0.717) is 0 Å². The van der Waals surface area contributed by atoms with Gasteiger partial charge in [-0.1, -0.05) is 0 Å². The molecule has 13 heavy (non-hydrogen) atoms. The molecule has 0 unspecified atom stereocenters. The summed E-state index contributed by atoms with van der Waals surface area (Å²) in [6.07, 6.45) is 3.89. The molecule has 0 fully saturated rings. The van der Waals surface area contributed by atoms with E-state index in [1.807, 2.05) is 25.0 Å². The van der Waals surface area contributed by atoms with Gasteiger partial charge in [0.25, 0.3) is 0 Å². The van der Waals surface area contributed by atoms with Gasteiger partial charge in [0.05, 0.1) is 12.0 Å². The summed E-state index contributed by atoms with van der Waals surface area (Å²) in [5.74, 6) is 0. The molecule has 1 heterocycles. The van der Waals surface area contributed by atoms with E-state index in [4.69, 9.17) is 0 Å². The zero-order valence-corrected chi connectivity index (χ0v) is 8.62. The monoisotopic (exact) mass is 182 g/mol. The molecule has 1 N–H and O–H groups in total. The van der Waals surface area contributed by atoms with Crippen LogP contribution >= 0.6 is 0 Å². The van der Waals surface area contributed by atoms with Crippen molar-refractivity contribution in [3.63, 3.8) is 0 Å². The lowest BCUT2D eigenvalue weighted by Crippen LogP contribution is -2.27. The van der Waals surface area contributed by atoms with Crippen LogP contribution in [0.15, 0.2) is 12.5 Å². The molecule has 0 atom stereocenters. The van der Waals surface area contributed by atoms with E-state index in [9.17, 15) is 0 Å². The van der Waals surface area contributed by atoms with Gasteiger partial charge in [0.2, 0.25) is 0 Å². The van der Waals surface area contributed by atoms with Crippen LogP contribution in [-0.4, -0.2) is 41.6 Å². The van der Waals surface area contributed by atoms with Crippen molar-refractivity contribution in [2.45, 2.75) is 6.54 Å². The molecule has 0 spiro atoms. The van der Waals surface area contributed by atoms with Crippen molar-refractivity contribution in [2.75, 3.05) is 27.2 Å². The van der Waals surface area contributed by atoms with Crippen molar-refractivity contribution < 1.29 is 0 Å². The van der Waals surface area contributed by atoms with Crippen molar-refractivity contribution in [3.05, 3.63) is 18.2 Å². The first-order chi connectivity index (χ1) is 6.22. The second-order valence-electron chi connectivity index (χ2n) is 3.37. The average molecular weight is 182 g/mol. The van der Waals surface area contributed by atoms with E-state index in [1.165, 1.54) is 0 Å². The van der Waals surface area contributed by atoms with Crippen LogP contribution in [0.1, 0.15) is 5.69 Å². The summed E-state index contributed by atoms with van der Waals surface area (Å²) in [6.45, 7) is 2.99. The van der Waals surface area contributed by atoms with Crippen molar-refractivity contribution in [1.29, 1.82) is 0 Å². The number of nitrogens with zero attached hydrogens (tertiary/aromatic N) is 3. The predicted molar refractivity (Wildman–Crippen MR) is 53.5 cm³/mol. The van der Waals surface area contributed by atoms with Crippen LogP contribution in [0, 0.1) is 0 Å². The lowest BCUT2D eigenvalue weighted by molar-refractivity contribution is 0.324. The van der Waals surface area contributed by atoms with E-state index in [-0.39, 0.29) is 0 Å². The highest BCUT2D eigenvalue weighted by Crippen LogP contribution is 1.97. The highest BCUT2D eigenvalue weighted by molar-refractivity contribution is 4.95. The van der Waals surface area contributed by atoms with Gasteiger partial charge in [-0.25, -0.2) is 4.98 Å². The Morgan fingerprint density at radius 2 is 2.38 bits per heavy atom. The van der Waals surface area contributed by atoms with Gasteiger partial charge in [0, 0.05) is 32.9 Å². The molecule has 0 aliphatic heterocycles. The van der Waals surface area contributed by atoms with Crippen molar-refractivity contribution in [2.24, 2.45) is 7.05 Å². The SMILES string of the molecule is CNCCN(C)Cc1cn(C)cn1. The normalized spacial score (nSPS) is 11.1. The topological polar surface area (TPSA) is 33.1 Å². The maximum atomic E-state index is 4.26. The first kappa shape index (κ1) is 10.2. The summed E-state index contributed by atoms with van der Waals surface area (Å²) in [6, 6.07) is 0. The molecule has 4 nitrogen and oxygen atoms in total. The molecular formula is C9H18N4. The van der Waals surface area contributed by atoms with Crippen LogP contribution in [0.2, 0.25) is 0 Å². The van der Waals surface area contributed by atoms with E-state index >= 15 is 0 Å². The lowest BCUT2D eigenvalue weighted by atomic mass is 10.4. The Balaban J connectivity index is 2.31. The molecule has 1 rings (SSSR count). The van der Waals surface area contributed by atoms with Crippen LogP contribution < -0.4 is 5.32 Å². The fourth-order valence-corrected chi connectivity index (χ4v) is 1.21. The molecule has 4 heteroatoms. The van der Waals surface area contributed by atoms with Crippen molar-refractivity contribution in [1.82, 2.24) is 19.8 Å². The summed E-state index contributed by atoms with van der Waals surface area (Å²) >= 11 is 0. The van der Waals surface area contributed by atoms with Gasteiger partial charge in [-0.3, -0.25) is 4.90 Å². The van der Waals surface area contributed by atoms with E-state index in [1.54, 1.807) is 0 Å². The number of imidazole rings is 1. The lowest BCUT2D eigenvalue weighted by Gasteiger charge is -2.14. The van der Waals surface area contributed by atoms with Gasteiger partial charge in [-0.15, -0.1) is 0 Å². The third-order valence-electron chi connectivity index (χ3n) is 1.93. The largest absolute Gasteiger partial charge is 0.340 e. The molecule has 0 radical (unpaired) electrons. The molecule has 0 saturated carbocycles. The Bertz CT molecular complexity index is 244. The predicted octanol–water partition coefficient (Wildman–Crippen LogP) is 0.0713. The minimum Gasteiger partial charge on any atom is -0.340 e. The first-order valence-corrected chi connectivity index (χ1v) is 4.52. The van der Waals surface area contributed by atoms with Gasteiger partial charge in [-0.05, 0) is 14.1 Å². The fourth-order valence-electron chi connectivity index (χ4n) is 1.21. The Kier molecular flexibility index (Phi) is 3.92. The van der Waals surface area contributed by atoms with Crippen molar-refractivity contribution in [3.8, 4) is 0 Å². The number of likely N-dealkylation sites (N-methyl/N-ethyl adjacent to an activating group) is 2. The number of rotatable bonds is 5. The van der Waals surface area contributed by atoms with Crippen LogP contribution in [-0.2, 0) is 13.6 Å². The third-order valence-corrected chi connectivity index (χ3v) is 1.93. The number of hydrogen-bond donors (Lipinski definition) is 1. The molecule has 0 aliphatic rings. The van der Waals surface area contributed by atoms with E-state index in [0.717, 1.165) is 25.3 Å². The Labute approximate surface area is 79.6 Å². The fraction of sp³-hybridized carbons (Fsp3) is 0.667. The zero-order chi connectivity index (χ0) is 9.68. The molecule has 0 aliphatic carbocycles. The minimum absolute atomic E-state index is 0.919. The van der Waals surface area contributed by atoms with Crippen LogP contribution in [0.4, 0.5) is 0 Å². The van der Waals surface area contributed by atoms with Gasteiger partial charge < -0.3 is 9.88 Å². The van der Waals surface area contributed by atoms with Crippen LogP contribution in [0.3, 0.4) is 0 Å². The smallest absolute Gasteiger partial charge is 0.0947 e. The molecule has 0 amide bonds. The second kappa shape index (κ2) is 4.99. The zero-order valence-electron chi connectivity index (χ0n) is 8.62. The maximum absolute atomic E-state index is 4.26. The standard InChI is InChI=1S/C9H18N4/c1-10-4-5-12(2)6-9-7-13(3)8-11-9/h7-8,10H,4-6H2,1-3H3. The Hall–Kier alpha value is -0.870. The van der Waals surface area contributed by atoms with Gasteiger partial charge in [-0.2, -0.15) is 0 Å². The minimum atomic E-state index is 0.919. The van der Waals surface area contributed by atoms with Gasteiger partial charge in [0.15, 0.2) is 0 Å². The number of aryl methyl sites for hydroxylation is 1. The molecule has 1 aromatic rings.